The largest absolute Gasteiger partial charge is 0.486 e. The number of halogens is 1. The molecule has 0 unspecified atom stereocenters. The Bertz CT molecular complexity index is 409. The molecule has 1 aromatic rings. The molecule has 1 aliphatic heterocycles. The highest BCUT2D eigenvalue weighted by Gasteiger charge is 2.15. The Kier molecular flexibility index (Phi) is 5.98. The summed E-state index contributed by atoms with van der Waals surface area (Å²) in [6, 6.07) is 4.26. The molecule has 1 aromatic carbocycles. The first-order valence-corrected chi connectivity index (χ1v) is 7.89. The number of ether oxygens (including phenoxy) is 2. The third-order valence-corrected chi connectivity index (χ3v) is 3.74. The molecule has 1 heterocycles. The van der Waals surface area contributed by atoms with Crippen LogP contribution in [0.4, 0.5) is 0 Å². The fourth-order valence-electron chi connectivity index (χ4n) is 2.19. The van der Waals surface area contributed by atoms with Crippen LogP contribution >= 0.6 is 15.9 Å². The highest BCUT2D eigenvalue weighted by atomic mass is 79.9. The Morgan fingerprint density at radius 2 is 2.00 bits per heavy atom. The van der Waals surface area contributed by atoms with E-state index in [2.05, 4.69) is 40.3 Å². The van der Waals surface area contributed by atoms with E-state index in [-0.39, 0.29) is 0 Å². The SMILES string of the molecule is CCCNCCCCc1cc(Br)c2c(c1)OCCO2. The molecule has 0 aromatic heterocycles. The zero-order valence-electron chi connectivity index (χ0n) is 11.5. The first-order chi connectivity index (χ1) is 9.31. The van der Waals surface area contributed by atoms with Gasteiger partial charge >= 0.3 is 0 Å². The van der Waals surface area contributed by atoms with Crippen LogP contribution in [0.1, 0.15) is 31.7 Å². The van der Waals surface area contributed by atoms with Gasteiger partial charge in [0.25, 0.3) is 0 Å². The lowest BCUT2D eigenvalue weighted by molar-refractivity contribution is 0.170. The first-order valence-electron chi connectivity index (χ1n) is 7.10. The van der Waals surface area contributed by atoms with Gasteiger partial charge in [0.2, 0.25) is 0 Å². The van der Waals surface area contributed by atoms with Crippen molar-refractivity contribution < 1.29 is 9.47 Å². The fourth-order valence-corrected chi connectivity index (χ4v) is 2.79. The van der Waals surface area contributed by atoms with Crippen LogP contribution < -0.4 is 14.8 Å². The molecule has 4 heteroatoms. The zero-order chi connectivity index (χ0) is 13.5. The third kappa shape index (κ3) is 4.39. The predicted octanol–water partition coefficient (Wildman–Crippen LogP) is 3.54. The molecule has 0 bridgehead atoms. The molecule has 1 aliphatic rings. The summed E-state index contributed by atoms with van der Waals surface area (Å²) in [7, 11) is 0. The molecule has 0 amide bonds. The molecule has 1 N–H and O–H groups in total. The van der Waals surface area contributed by atoms with Gasteiger partial charge < -0.3 is 14.8 Å². The van der Waals surface area contributed by atoms with E-state index in [4.69, 9.17) is 9.47 Å². The van der Waals surface area contributed by atoms with Crippen molar-refractivity contribution >= 4 is 15.9 Å². The average molecular weight is 328 g/mol. The van der Waals surface area contributed by atoms with Gasteiger partial charge in [-0.25, -0.2) is 0 Å². The van der Waals surface area contributed by atoms with Gasteiger partial charge in [-0.2, -0.15) is 0 Å². The minimum atomic E-state index is 0.633. The third-order valence-electron chi connectivity index (χ3n) is 3.15. The second kappa shape index (κ2) is 7.75. The van der Waals surface area contributed by atoms with E-state index < -0.39 is 0 Å². The lowest BCUT2D eigenvalue weighted by atomic mass is 10.1. The summed E-state index contributed by atoms with van der Waals surface area (Å²) in [4.78, 5) is 0. The smallest absolute Gasteiger partial charge is 0.175 e. The van der Waals surface area contributed by atoms with Crippen LogP contribution in [-0.4, -0.2) is 26.3 Å². The first kappa shape index (κ1) is 14.7. The molecule has 0 atom stereocenters. The average Bonchev–Trinajstić information content (AvgIpc) is 2.43. The van der Waals surface area contributed by atoms with Crippen LogP contribution in [0.25, 0.3) is 0 Å². The van der Waals surface area contributed by atoms with Gasteiger partial charge in [0, 0.05) is 0 Å². The highest BCUT2D eigenvalue weighted by Crippen LogP contribution is 2.38. The van der Waals surface area contributed by atoms with Crippen molar-refractivity contribution in [2.75, 3.05) is 26.3 Å². The number of aryl methyl sites for hydroxylation is 1. The molecule has 0 saturated carbocycles. The van der Waals surface area contributed by atoms with Crippen LogP contribution in [0.2, 0.25) is 0 Å². The van der Waals surface area contributed by atoms with E-state index in [1.165, 1.54) is 24.8 Å². The molecule has 0 radical (unpaired) electrons. The Balaban J connectivity index is 1.82. The predicted molar refractivity (Wildman–Crippen MR) is 81.2 cm³/mol. The number of benzene rings is 1. The van der Waals surface area contributed by atoms with E-state index in [1.807, 2.05) is 0 Å². The summed E-state index contributed by atoms with van der Waals surface area (Å²) in [5.74, 6) is 1.72. The van der Waals surface area contributed by atoms with E-state index in [9.17, 15) is 0 Å². The van der Waals surface area contributed by atoms with Gasteiger partial charge in [-0.05, 0) is 72.4 Å². The van der Waals surface area contributed by atoms with Gasteiger partial charge in [0.1, 0.15) is 13.2 Å². The molecule has 19 heavy (non-hydrogen) atoms. The van der Waals surface area contributed by atoms with Gasteiger partial charge in [-0.1, -0.05) is 6.92 Å². The molecular formula is C15H22BrNO2. The van der Waals surface area contributed by atoms with Crippen molar-refractivity contribution in [1.29, 1.82) is 0 Å². The van der Waals surface area contributed by atoms with Crippen LogP contribution in [0.3, 0.4) is 0 Å². The number of rotatable bonds is 7. The van der Waals surface area contributed by atoms with Crippen LogP contribution in [-0.2, 0) is 6.42 Å². The van der Waals surface area contributed by atoms with Gasteiger partial charge in [-0.3, -0.25) is 0 Å². The molecule has 3 nitrogen and oxygen atoms in total. The monoisotopic (exact) mass is 327 g/mol. The molecule has 0 fully saturated rings. The Hall–Kier alpha value is -0.740. The van der Waals surface area contributed by atoms with E-state index in [0.717, 1.165) is 35.5 Å². The molecule has 0 spiro atoms. The number of unbranched alkanes of at least 4 members (excludes halogenated alkanes) is 1. The van der Waals surface area contributed by atoms with Crippen molar-refractivity contribution in [2.24, 2.45) is 0 Å². The second-order valence-electron chi connectivity index (χ2n) is 4.81. The summed E-state index contributed by atoms with van der Waals surface area (Å²) in [6.07, 6.45) is 4.70. The summed E-state index contributed by atoms with van der Waals surface area (Å²) in [6.45, 7) is 5.70. The van der Waals surface area contributed by atoms with Gasteiger partial charge in [-0.15, -0.1) is 0 Å². The summed E-state index contributed by atoms with van der Waals surface area (Å²) in [5.41, 5.74) is 1.31. The standard InChI is InChI=1S/C15H22BrNO2/c1-2-6-17-7-4-3-5-12-10-13(16)15-14(11-12)18-8-9-19-15/h10-11,17H,2-9H2,1H3. The lowest BCUT2D eigenvalue weighted by Gasteiger charge is -2.20. The van der Waals surface area contributed by atoms with Gasteiger partial charge in [0.15, 0.2) is 11.5 Å². The van der Waals surface area contributed by atoms with E-state index in [0.29, 0.717) is 13.2 Å². The van der Waals surface area contributed by atoms with Crippen molar-refractivity contribution in [2.45, 2.75) is 32.6 Å². The van der Waals surface area contributed by atoms with Gasteiger partial charge in [0.05, 0.1) is 4.47 Å². The molecule has 2 rings (SSSR count). The Morgan fingerprint density at radius 3 is 2.84 bits per heavy atom. The van der Waals surface area contributed by atoms with E-state index >= 15 is 0 Å². The molecule has 0 aliphatic carbocycles. The zero-order valence-corrected chi connectivity index (χ0v) is 13.1. The van der Waals surface area contributed by atoms with Crippen LogP contribution in [0.15, 0.2) is 16.6 Å². The fraction of sp³-hybridized carbons (Fsp3) is 0.600. The quantitative estimate of drug-likeness (QED) is 0.777. The van der Waals surface area contributed by atoms with Crippen LogP contribution in [0.5, 0.6) is 11.5 Å². The number of fused-ring (bicyclic) bond motifs is 1. The minimum absolute atomic E-state index is 0.633. The van der Waals surface area contributed by atoms with Crippen molar-refractivity contribution in [3.05, 3.63) is 22.2 Å². The normalized spacial score (nSPS) is 13.6. The molecular weight excluding hydrogens is 306 g/mol. The summed E-state index contributed by atoms with van der Waals surface area (Å²) >= 11 is 3.56. The molecule has 0 saturated heterocycles. The molecule has 106 valence electrons. The van der Waals surface area contributed by atoms with Crippen LogP contribution in [0, 0.1) is 0 Å². The Labute approximate surface area is 123 Å². The van der Waals surface area contributed by atoms with Crippen molar-refractivity contribution in [1.82, 2.24) is 5.32 Å². The van der Waals surface area contributed by atoms with Crippen molar-refractivity contribution in [3.63, 3.8) is 0 Å². The highest BCUT2D eigenvalue weighted by molar-refractivity contribution is 9.10. The van der Waals surface area contributed by atoms with Crippen molar-refractivity contribution in [3.8, 4) is 11.5 Å². The second-order valence-corrected chi connectivity index (χ2v) is 5.66. The lowest BCUT2D eigenvalue weighted by Crippen LogP contribution is -2.16. The number of nitrogens with one attached hydrogen (secondary N) is 1. The maximum atomic E-state index is 5.64. The maximum absolute atomic E-state index is 5.64. The summed E-state index contributed by atoms with van der Waals surface area (Å²) < 4.78 is 12.2. The summed E-state index contributed by atoms with van der Waals surface area (Å²) in [5, 5.41) is 3.43. The number of hydrogen-bond acceptors (Lipinski definition) is 3. The minimum Gasteiger partial charge on any atom is -0.486 e. The Morgan fingerprint density at radius 1 is 1.16 bits per heavy atom. The van der Waals surface area contributed by atoms with E-state index in [1.54, 1.807) is 0 Å². The maximum Gasteiger partial charge on any atom is 0.175 e. The number of hydrogen-bond donors (Lipinski definition) is 1. The topological polar surface area (TPSA) is 30.5 Å².